The molecule has 0 fully saturated rings. The molecule has 0 saturated carbocycles. The molecule has 1 atom stereocenters. The Hall–Kier alpha value is -3.78. The third-order valence-electron chi connectivity index (χ3n) is 5.57. The summed E-state index contributed by atoms with van der Waals surface area (Å²) in [4.78, 5) is 17.4. The Morgan fingerprint density at radius 2 is 1.97 bits per heavy atom. The first-order valence-electron chi connectivity index (χ1n) is 10.6. The lowest BCUT2D eigenvalue weighted by Crippen LogP contribution is -2.25. The third-order valence-corrected chi connectivity index (χ3v) is 5.83. The first-order valence-corrected chi connectivity index (χ1v) is 11.0. The second-order valence-electron chi connectivity index (χ2n) is 7.68. The number of fused-ring (bicyclic) bond motifs is 1. The second-order valence-corrected chi connectivity index (χ2v) is 8.12. The molecule has 0 unspecified atom stereocenters. The zero-order valence-electron chi connectivity index (χ0n) is 18.1. The van der Waals surface area contributed by atoms with Gasteiger partial charge in [-0.25, -0.2) is 4.98 Å². The van der Waals surface area contributed by atoms with Crippen molar-refractivity contribution >= 4 is 23.3 Å². The maximum Gasteiger partial charge on any atom is 0.272 e. The molecule has 1 amide bonds. The van der Waals surface area contributed by atoms with Gasteiger partial charge < -0.3 is 10.1 Å². The lowest BCUT2D eigenvalue weighted by atomic mass is 9.85. The Labute approximate surface area is 195 Å². The standard InChI is InChI=1S/C24H21ClN6O2/c1-3-33-20-7-5-4-6-17(20)18-12-21(32)28-23-22(18)14(2)30-31(23)24-27-19(13-26-29-24)15-8-10-16(25)11-9-15/h4-11,13,18H,3,12H2,1-2H3,(H,28,32)/t18-/m1/s1. The maximum absolute atomic E-state index is 12.7. The molecule has 0 aliphatic carbocycles. The smallest absolute Gasteiger partial charge is 0.272 e. The number of rotatable bonds is 5. The number of nitrogens with one attached hydrogen (secondary N) is 1. The predicted molar refractivity (Wildman–Crippen MR) is 125 cm³/mol. The van der Waals surface area contributed by atoms with Crippen molar-refractivity contribution in [2.24, 2.45) is 0 Å². The number of hydrogen-bond donors (Lipinski definition) is 1. The first-order chi connectivity index (χ1) is 16.0. The minimum atomic E-state index is -0.197. The molecule has 2 aromatic carbocycles. The molecule has 4 aromatic rings. The molecule has 0 bridgehead atoms. The number of benzene rings is 2. The number of nitrogens with zero attached hydrogens (tertiary/aromatic N) is 5. The highest BCUT2D eigenvalue weighted by Gasteiger charge is 2.34. The summed E-state index contributed by atoms with van der Waals surface area (Å²) in [6.45, 7) is 4.40. The van der Waals surface area contributed by atoms with Crippen LogP contribution >= 0.6 is 11.6 Å². The summed E-state index contributed by atoms with van der Waals surface area (Å²) >= 11 is 6.01. The molecule has 5 rings (SSSR count). The number of halogens is 1. The number of hydrogen-bond acceptors (Lipinski definition) is 6. The first kappa shape index (κ1) is 21.1. The molecule has 3 heterocycles. The van der Waals surface area contributed by atoms with E-state index in [9.17, 15) is 4.79 Å². The van der Waals surface area contributed by atoms with E-state index in [0.29, 0.717) is 29.6 Å². The minimum Gasteiger partial charge on any atom is -0.494 e. The zero-order valence-corrected chi connectivity index (χ0v) is 18.9. The van der Waals surface area contributed by atoms with E-state index in [1.807, 2.05) is 50.2 Å². The van der Waals surface area contributed by atoms with Crippen LogP contribution in [0.4, 0.5) is 5.82 Å². The number of aromatic nitrogens is 5. The van der Waals surface area contributed by atoms with E-state index in [1.165, 1.54) is 0 Å². The fourth-order valence-corrected chi connectivity index (χ4v) is 4.28. The highest BCUT2D eigenvalue weighted by molar-refractivity contribution is 6.30. The average Bonchev–Trinajstić information content (AvgIpc) is 3.16. The average molecular weight is 461 g/mol. The van der Waals surface area contributed by atoms with Crippen LogP contribution in [0.3, 0.4) is 0 Å². The molecule has 166 valence electrons. The van der Waals surface area contributed by atoms with Crippen LogP contribution in [0.2, 0.25) is 5.02 Å². The van der Waals surface area contributed by atoms with Crippen LogP contribution in [0.5, 0.6) is 5.75 Å². The van der Waals surface area contributed by atoms with Gasteiger partial charge in [0.25, 0.3) is 5.95 Å². The van der Waals surface area contributed by atoms with Gasteiger partial charge in [0.1, 0.15) is 11.6 Å². The number of amides is 1. The van der Waals surface area contributed by atoms with Crippen LogP contribution in [0, 0.1) is 6.92 Å². The van der Waals surface area contributed by atoms with Gasteiger partial charge in [0.05, 0.1) is 24.2 Å². The van der Waals surface area contributed by atoms with Crippen LogP contribution in [0.25, 0.3) is 17.2 Å². The van der Waals surface area contributed by atoms with Gasteiger partial charge in [-0.2, -0.15) is 14.9 Å². The quantitative estimate of drug-likeness (QED) is 0.469. The fourth-order valence-electron chi connectivity index (χ4n) is 4.16. The molecule has 0 saturated heterocycles. The number of para-hydroxylation sites is 1. The van der Waals surface area contributed by atoms with Crippen LogP contribution < -0.4 is 10.1 Å². The van der Waals surface area contributed by atoms with Crippen molar-refractivity contribution in [3.8, 4) is 23.0 Å². The van der Waals surface area contributed by atoms with E-state index in [4.69, 9.17) is 16.3 Å². The lowest BCUT2D eigenvalue weighted by Gasteiger charge is -2.25. The molecular weight excluding hydrogens is 440 g/mol. The highest BCUT2D eigenvalue weighted by atomic mass is 35.5. The summed E-state index contributed by atoms with van der Waals surface area (Å²) in [7, 11) is 0. The van der Waals surface area contributed by atoms with E-state index >= 15 is 0 Å². The lowest BCUT2D eigenvalue weighted by molar-refractivity contribution is -0.116. The van der Waals surface area contributed by atoms with Crippen molar-refractivity contribution in [1.29, 1.82) is 0 Å². The Kier molecular flexibility index (Phi) is 5.51. The summed E-state index contributed by atoms with van der Waals surface area (Å²) in [5.74, 6) is 1.28. The van der Waals surface area contributed by atoms with E-state index in [1.54, 1.807) is 23.0 Å². The molecule has 2 aromatic heterocycles. The molecule has 0 spiro atoms. The summed E-state index contributed by atoms with van der Waals surface area (Å²) < 4.78 is 7.39. The van der Waals surface area contributed by atoms with Gasteiger partial charge in [0, 0.05) is 34.1 Å². The van der Waals surface area contributed by atoms with Crippen molar-refractivity contribution in [3.05, 3.63) is 76.6 Å². The molecule has 8 nitrogen and oxygen atoms in total. The van der Waals surface area contributed by atoms with E-state index < -0.39 is 0 Å². The number of ether oxygens (including phenoxy) is 1. The fraction of sp³-hybridized carbons (Fsp3) is 0.208. The van der Waals surface area contributed by atoms with Crippen molar-refractivity contribution in [3.63, 3.8) is 0 Å². The number of carbonyl (C=O) groups excluding carboxylic acids is 1. The maximum atomic E-state index is 12.7. The molecular formula is C24H21ClN6O2. The molecule has 33 heavy (non-hydrogen) atoms. The zero-order chi connectivity index (χ0) is 22.9. The van der Waals surface area contributed by atoms with Gasteiger partial charge in [0.15, 0.2) is 0 Å². The summed E-state index contributed by atoms with van der Waals surface area (Å²) in [5.41, 5.74) is 4.12. The summed E-state index contributed by atoms with van der Waals surface area (Å²) in [6, 6.07) is 15.1. The molecule has 9 heteroatoms. The van der Waals surface area contributed by atoms with Gasteiger partial charge in [-0.1, -0.05) is 41.9 Å². The number of aryl methyl sites for hydroxylation is 1. The van der Waals surface area contributed by atoms with Crippen molar-refractivity contribution in [2.45, 2.75) is 26.2 Å². The molecule has 1 N–H and O–H groups in total. The van der Waals surface area contributed by atoms with Crippen LogP contribution in [0.15, 0.2) is 54.7 Å². The van der Waals surface area contributed by atoms with Crippen molar-refractivity contribution in [2.75, 3.05) is 11.9 Å². The minimum absolute atomic E-state index is 0.109. The Bertz CT molecular complexity index is 1340. The number of anilines is 1. The van der Waals surface area contributed by atoms with Gasteiger partial charge in [-0.05, 0) is 32.0 Å². The monoisotopic (exact) mass is 460 g/mol. The highest BCUT2D eigenvalue weighted by Crippen LogP contribution is 2.42. The Morgan fingerprint density at radius 3 is 2.76 bits per heavy atom. The second kappa shape index (κ2) is 8.63. The van der Waals surface area contributed by atoms with Crippen LogP contribution in [-0.4, -0.2) is 37.5 Å². The van der Waals surface area contributed by atoms with E-state index in [0.717, 1.165) is 28.1 Å². The van der Waals surface area contributed by atoms with Crippen molar-refractivity contribution < 1.29 is 9.53 Å². The topological polar surface area (TPSA) is 94.8 Å². The van der Waals surface area contributed by atoms with Crippen LogP contribution in [-0.2, 0) is 4.79 Å². The molecule has 0 radical (unpaired) electrons. The largest absolute Gasteiger partial charge is 0.494 e. The van der Waals surface area contributed by atoms with E-state index in [-0.39, 0.29) is 17.8 Å². The summed E-state index contributed by atoms with van der Waals surface area (Å²) in [5, 5.41) is 16.6. The van der Waals surface area contributed by atoms with Crippen molar-refractivity contribution in [1.82, 2.24) is 25.0 Å². The predicted octanol–water partition coefficient (Wildman–Crippen LogP) is 4.56. The van der Waals surface area contributed by atoms with E-state index in [2.05, 4.69) is 25.6 Å². The summed E-state index contributed by atoms with van der Waals surface area (Å²) in [6.07, 6.45) is 1.88. The third kappa shape index (κ3) is 3.93. The van der Waals surface area contributed by atoms with Gasteiger partial charge in [-0.3, -0.25) is 4.79 Å². The van der Waals surface area contributed by atoms with Gasteiger partial charge >= 0.3 is 0 Å². The normalized spacial score (nSPS) is 15.1. The molecule has 1 aliphatic rings. The number of carbonyl (C=O) groups is 1. The molecule has 1 aliphatic heterocycles. The van der Waals surface area contributed by atoms with Gasteiger partial charge in [0.2, 0.25) is 5.91 Å². The van der Waals surface area contributed by atoms with Gasteiger partial charge in [-0.15, -0.1) is 5.10 Å². The Morgan fingerprint density at radius 1 is 1.18 bits per heavy atom. The Balaban J connectivity index is 1.61. The SMILES string of the molecule is CCOc1ccccc1[C@H]1CC(=O)Nc2c1c(C)nn2-c1nncc(-c2ccc(Cl)cc2)n1. The van der Waals surface area contributed by atoms with Crippen LogP contribution in [0.1, 0.15) is 36.1 Å².